The molecule has 2 unspecified atom stereocenters. The van der Waals surface area contributed by atoms with E-state index < -0.39 is 5.97 Å². The minimum Gasteiger partial charge on any atom is -0.481 e. The average molecular weight is 229 g/mol. The number of hydrogen-bond acceptors (Lipinski definition) is 3. The molecule has 0 radical (unpaired) electrons. The number of aliphatic carboxylic acids is 1. The van der Waals surface area contributed by atoms with Crippen LogP contribution in [-0.4, -0.2) is 36.9 Å². The van der Waals surface area contributed by atoms with Gasteiger partial charge in [0.2, 0.25) is 0 Å². The van der Waals surface area contributed by atoms with E-state index in [4.69, 9.17) is 9.84 Å². The van der Waals surface area contributed by atoms with E-state index in [1.807, 2.05) is 0 Å². The maximum Gasteiger partial charge on any atom is 0.303 e. The van der Waals surface area contributed by atoms with E-state index in [-0.39, 0.29) is 0 Å². The number of ether oxygens (including phenoxy) is 1. The van der Waals surface area contributed by atoms with Crippen molar-refractivity contribution in [3.8, 4) is 0 Å². The van der Waals surface area contributed by atoms with Gasteiger partial charge in [-0.05, 0) is 38.6 Å². The van der Waals surface area contributed by atoms with E-state index in [0.29, 0.717) is 18.6 Å². The Balaban J connectivity index is 1.96. The van der Waals surface area contributed by atoms with Gasteiger partial charge in [-0.3, -0.25) is 4.79 Å². The molecule has 1 aliphatic carbocycles. The molecule has 1 aliphatic rings. The minimum atomic E-state index is -0.691. The Bertz CT molecular complexity index is 208. The summed E-state index contributed by atoms with van der Waals surface area (Å²) in [6.45, 7) is 0.976. The molecule has 0 saturated heterocycles. The van der Waals surface area contributed by atoms with Crippen molar-refractivity contribution in [2.45, 2.75) is 57.1 Å². The third-order valence-electron chi connectivity index (χ3n) is 3.23. The lowest BCUT2D eigenvalue weighted by molar-refractivity contribution is -0.137. The van der Waals surface area contributed by atoms with Gasteiger partial charge >= 0.3 is 5.97 Å². The van der Waals surface area contributed by atoms with Gasteiger partial charge in [-0.15, -0.1) is 0 Å². The van der Waals surface area contributed by atoms with Crippen LogP contribution in [0.15, 0.2) is 0 Å². The fourth-order valence-electron chi connectivity index (χ4n) is 2.31. The second kappa shape index (κ2) is 7.63. The smallest absolute Gasteiger partial charge is 0.303 e. The van der Waals surface area contributed by atoms with Crippen molar-refractivity contribution in [1.29, 1.82) is 0 Å². The maximum absolute atomic E-state index is 10.3. The zero-order valence-corrected chi connectivity index (χ0v) is 10.1. The van der Waals surface area contributed by atoms with Crippen LogP contribution in [0.1, 0.15) is 44.9 Å². The fraction of sp³-hybridized carbons (Fsp3) is 0.917. The second-order valence-corrected chi connectivity index (χ2v) is 4.47. The van der Waals surface area contributed by atoms with E-state index in [1.165, 1.54) is 12.8 Å². The van der Waals surface area contributed by atoms with Gasteiger partial charge in [0.15, 0.2) is 0 Å². The normalized spacial score (nSPS) is 24.8. The highest BCUT2D eigenvalue weighted by atomic mass is 16.5. The third kappa shape index (κ3) is 4.94. The Hall–Kier alpha value is -0.610. The Kier molecular flexibility index (Phi) is 6.42. The average Bonchev–Trinajstić information content (AvgIpc) is 2.70. The quantitative estimate of drug-likeness (QED) is 0.623. The summed E-state index contributed by atoms with van der Waals surface area (Å²) in [4.78, 5) is 10.3. The summed E-state index contributed by atoms with van der Waals surface area (Å²) in [5.41, 5.74) is 0. The molecule has 0 heterocycles. The van der Waals surface area contributed by atoms with Gasteiger partial charge in [0.1, 0.15) is 0 Å². The van der Waals surface area contributed by atoms with Crippen molar-refractivity contribution < 1.29 is 14.6 Å². The van der Waals surface area contributed by atoms with Crippen LogP contribution in [0.2, 0.25) is 0 Å². The molecule has 1 fully saturated rings. The Morgan fingerprint density at radius 3 is 2.88 bits per heavy atom. The van der Waals surface area contributed by atoms with Crippen molar-refractivity contribution in [3.05, 3.63) is 0 Å². The molecule has 1 rings (SSSR count). The standard InChI is InChI=1S/C12H23NO3/c1-16-11-7-5-6-10(11)13-9-4-2-3-8-12(14)15/h10-11,13H,2-9H2,1H3,(H,14,15). The Morgan fingerprint density at radius 2 is 2.19 bits per heavy atom. The molecule has 0 amide bonds. The van der Waals surface area contributed by atoms with E-state index in [2.05, 4.69) is 5.32 Å². The third-order valence-corrected chi connectivity index (χ3v) is 3.23. The molecule has 0 aromatic heterocycles. The molecular formula is C12H23NO3. The Labute approximate surface area is 97.4 Å². The van der Waals surface area contributed by atoms with Gasteiger partial charge in [0.05, 0.1) is 6.10 Å². The number of hydrogen-bond donors (Lipinski definition) is 2. The molecule has 1 saturated carbocycles. The first-order chi connectivity index (χ1) is 7.74. The van der Waals surface area contributed by atoms with Crippen molar-refractivity contribution in [2.75, 3.05) is 13.7 Å². The van der Waals surface area contributed by atoms with E-state index in [1.54, 1.807) is 7.11 Å². The van der Waals surface area contributed by atoms with Crippen LogP contribution in [0.5, 0.6) is 0 Å². The summed E-state index contributed by atoms with van der Waals surface area (Å²) in [7, 11) is 1.78. The van der Waals surface area contributed by atoms with Gasteiger partial charge in [0, 0.05) is 19.6 Å². The van der Waals surface area contributed by atoms with Gasteiger partial charge in [-0.1, -0.05) is 6.42 Å². The lowest BCUT2D eigenvalue weighted by atomic mass is 10.1. The highest BCUT2D eigenvalue weighted by Crippen LogP contribution is 2.21. The fourth-order valence-corrected chi connectivity index (χ4v) is 2.31. The summed E-state index contributed by atoms with van der Waals surface area (Å²) >= 11 is 0. The molecule has 0 bridgehead atoms. The number of carbonyl (C=O) groups is 1. The van der Waals surface area contributed by atoms with Crippen LogP contribution in [0.4, 0.5) is 0 Å². The zero-order valence-electron chi connectivity index (χ0n) is 10.1. The number of carboxylic acids is 1. The van der Waals surface area contributed by atoms with Crippen LogP contribution in [-0.2, 0) is 9.53 Å². The number of rotatable bonds is 8. The first-order valence-electron chi connectivity index (χ1n) is 6.22. The lowest BCUT2D eigenvalue weighted by Gasteiger charge is -2.19. The van der Waals surface area contributed by atoms with Crippen LogP contribution >= 0.6 is 0 Å². The highest BCUT2D eigenvalue weighted by molar-refractivity contribution is 5.66. The van der Waals surface area contributed by atoms with Gasteiger partial charge in [0.25, 0.3) is 0 Å². The van der Waals surface area contributed by atoms with Gasteiger partial charge in [-0.25, -0.2) is 0 Å². The molecule has 4 heteroatoms. The topological polar surface area (TPSA) is 58.6 Å². The predicted octanol–water partition coefficient (Wildman–Crippen LogP) is 1.79. The van der Waals surface area contributed by atoms with Crippen LogP contribution in [0.25, 0.3) is 0 Å². The summed E-state index contributed by atoms with van der Waals surface area (Å²) in [6.07, 6.45) is 7.11. The molecule has 0 aliphatic heterocycles. The van der Waals surface area contributed by atoms with Crippen molar-refractivity contribution in [2.24, 2.45) is 0 Å². The second-order valence-electron chi connectivity index (χ2n) is 4.47. The molecule has 4 nitrogen and oxygen atoms in total. The monoisotopic (exact) mass is 229 g/mol. The number of nitrogens with one attached hydrogen (secondary N) is 1. The van der Waals surface area contributed by atoms with Crippen LogP contribution in [0, 0.1) is 0 Å². The van der Waals surface area contributed by atoms with Crippen molar-refractivity contribution >= 4 is 5.97 Å². The Morgan fingerprint density at radius 1 is 1.38 bits per heavy atom. The highest BCUT2D eigenvalue weighted by Gasteiger charge is 2.25. The zero-order chi connectivity index (χ0) is 11.8. The molecule has 2 atom stereocenters. The van der Waals surface area contributed by atoms with Crippen LogP contribution < -0.4 is 5.32 Å². The molecular weight excluding hydrogens is 206 g/mol. The summed E-state index contributed by atoms with van der Waals surface area (Å²) in [6, 6.07) is 0.504. The molecule has 0 aromatic rings. The van der Waals surface area contributed by atoms with Gasteiger partial charge in [-0.2, -0.15) is 0 Å². The summed E-state index contributed by atoms with van der Waals surface area (Å²) in [5.74, 6) is -0.691. The largest absolute Gasteiger partial charge is 0.481 e. The number of unbranched alkanes of at least 4 members (excludes halogenated alkanes) is 2. The number of methoxy groups -OCH3 is 1. The van der Waals surface area contributed by atoms with Crippen LogP contribution in [0.3, 0.4) is 0 Å². The maximum atomic E-state index is 10.3. The summed E-state index contributed by atoms with van der Waals surface area (Å²) < 4.78 is 5.39. The van der Waals surface area contributed by atoms with E-state index in [9.17, 15) is 4.79 Å². The molecule has 94 valence electrons. The van der Waals surface area contributed by atoms with E-state index in [0.717, 1.165) is 32.2 Å². The summed E-state index contributed by atoms with van der Waals surface area (Å²) in [5, 5.41) is 12.0. The van der Waals surface area contributed by atoms with Crippen molar-refractivity contribution in [1.82, 2.24) is 5.32 Å². The molecule has 16 heavy (non-hydrogen) atoms. The first kappa shape index (κ1) is 13.5. The lowest BCUT2D eigenvalue weighted by Crippen LogP contribution is -2.37. The van der Waals surface area contributed by atoms with Gasteiger partial charge < -0.3 is 15.2 Å². The molecule has 2 N–H and O–H groups in total. The van der Waals surface area contributed by atoms with E-state index >= 15 is 0 Å². The number of carboxylic acid groups (broad SMARTS) is 1. The molecule has 0 aromatic carbocycles. The SMILES string of the molecule is COC1CCCC1NCCCCCC(=O)O. The predicted molar refractivity (Wildman–Crippen MR) is 62.5 cm³/mol. The first-order valence-corrected chi connectivity index (χ1v) is 6.22. The minimum absolute atomic E-state index is 0.296. The van der Waals surface area contributed by atoms with Crippen molar-refractivity contribution in [3.63, 3.8) is 0 Å². The molecule has 0 spiro atoms.